The number of carbonyl (C=O) groups is 1. The van der Waals surface area contributed by atoms with Gasteiger partial charge in [0.1, 0.15) is 5.69 Å². The minimum atomic E-state index is 0.0260. The van der Waals surface area contributed by atoms with E-state index in [0.717, 1.165) is 19.4 Å². The topological polar surface area (TPSA) is 56.2 Å². The van der Waals surface area contributed by atoms with Gasteiger partial charge in [-0.05, 0) is 19.8 Å². The summed E-state index contributed by atoms with van der Waals surface area (Å²) in [6.07, 6.45) is 3.54. The predicted molar refractivity (Wildman–Crippen MR) is 71.2 cm³/mol. The van der Waals surface area contributed by atoms with Gasteiger partial charge < -0.3 is 10.1 Å². The minimum absolute atomic E-state index is 0.0260. The maximum absolute atomic E-state index is 12.2. The largest absolute Gasteiger partial charge is 0.493 e. The van der Waals surface area contributed by atoms with Crippen LogP contribution in [0.25, 0.3) is 0 Å². The molecule has 0 radical (unpaired) electrons. The molecule has 102 valence electrons. The Morgan fingerprint density at radius 3 is 2.83 bits per heavy atom. The summed E-state index contributed by atoms with van der Waals surface area (Å²) >= 11 is 0. The summed E-state index contributed by atoms with van der Waals surface area (Å²) in [5.41, 5.74) is 0.565. The van der Waals surface area contributed by atoms with Gasteiger partial charge in [-0.3, -0.25) is 9.48 Å². The molecule has 1 rings (SSSR count). The Morgan fingerprint density at radius 1 is 1.56 bits per heavy atom. The highest BCUT2D eigenvalue weighted by Gasteiger charge is 2.19. The second-order valence-corrected chi connectivity index (χ2v) is 4.40. The molecule has 5 nitrogen and oxygen atoms in total. The van der Waals surface area contributed by atoms with E-state index in [2.05, 4.69) is 31.2 Å². The Kier molecular flexibility index (Phi) is 5.85. The number of hydrogen-bond donors (Lipinski definition) is 1. The molecule has 0 saturated heterocycles. The van der Waals surface area contributed by atoms with Crippen molar-refractivity contribution in [2.75, 3.05) is 13.7 Å². The molecule has 18 heavy (non-hydrogen) atoms. The first kappa shape index (κ1) is 14.7. The Balaban J connectivity index is 2.79. The van der Waals surface area contributed by atoms with E-state index in [1.165, 1.54) is 0 Å². The number of rotatable bonds is 8. The van der Waals surface area contributed by atoms with E-state index in [1.807, 2.05) is 0 Å². The van der Waals surface area contributed by atoms with Crippen LogP contribution in [0.4, 0.5) is 0 Å². The lowest BCUT2D eigenvalue weighted by atomic mass is 10.2. The first-order valence-corrected chi connectivity index (χ1v) is 6.50. The zero-order valence-electron chi connectivity index (χ0n) is 11.7. The zero-order chi connectivity index (χ0) is 13.5. The van der Waals surface area contributed by atoms with E-state index in [1.54, 1.807) is 18.0 Å². The van der Waals surface area contributed by atoms with Crippen molar-refractivity contribution in [1.82, 2.24) is 15.1 Å². The van der Waals surface area contributed by atoms with Crippen LogP contribution in [0, 0.1) is 0 Å². The third-order valence-corrected chi connectivity index (χ3v) is 2.95. The minimum Gasteiger partial charge on any atom is -0.493 e. The Morgan fingerprint density at radius 2 is 2.28 bits per heavy atom. The molecular formula is C13H23N3O2. The summed E-state index contributed by atoms with van der Waals surface area (Å²) in [5.74, 6) is 0.581. The number of Topliss-reactive ketones (excluding diaryl/α,β-unsaturated/α-hetero) is 1. The van der Waals surface area contributed by atoms with Gasteiger partial charge in [0, 0.05) is 12.6 Å². The van der Waals surface area contributed by atoms with Crippen LogP contribution in [0.3, 0.4) is 0 Å². The SMILES string of the molecule is CCCn1ncc(OC)c1C(=O)CNC(C)CC. The van der Waals surface area contributed by atoms with Crippen molar-refractivity contribution in [3.05, 3.63) is 11.9 Å². The van der Waals surface area contributed by atoms with Gasteiger partial charge in [0.15, 0.2) is 11.5 Å². The number of methoxy groups -OCH3 is 1. The Labute approximate surface area is 109 Å². The number of hydrogen-bond acceptors (Lipinski definition) is 4. The highest BCUT2D eigenvalue weighted by Crippen LogP contribution is 2.18. The van der Waals surface area contributed by atoms with E-state index in [0.29, 0.717) is 24.0 Å². The molecule has 1 atom stereocenters. The van der Waals surface area contributed by atoms with Crippen LogP contribution in [-0.2, 0) is 6.54 Å². The van der Waals surface area contributed by atoms with Crippen LogP contribution in [0.2, 0.25) is 0 Å². The van der Waals surface area contributed by atoms with Crippen molar-refractivity contribution >= 4 is 5.78 Å². The third kappa shape index (κ3) is 3.57. The summed E-state index contributed by atoms with van der Waals surface area (Å²) in [7, 11) is 1.56. The van der Waals surface area contributed by atoms with Crippen molar-refractivity contribution in [3.8, 4) is 5.75 Å². The average Bonchev–Trinajstić information content (AvgIpc) is 2.78. The normalized spacial score (nSPS) is 12.4. The van der Waals surface area contributed by atoms with E-state index in [4.69, 9.17) is 4.74 Å². The van der Waals surface area contributed by atoms with E-state index in [9.17, 15) is 4.79 Å². The van der Waals surface area contributed by atoms with Gasteiger partial charge in [-0.25, -0.2) is 0 Å². The van der Waals surface area contributed by atoms with Crippen LogP contribution in [0.15, 0.2) is 6.20 Å². The highest BCUT2D eigenvalue weighted by molar-refractivity contribution is 5.98. The van der Waals surface area contributed by atoms with E-state index in [-0.39, 0.29) is 5.78 Å². The predicted octanol–water partition coefficient (Wildman–Crippen LogP) is 1.87. The van der Waals surface area contributed by atoms with Crippen LogP contribution in [-0.4, -0.2) is 35.3 Å². The smallest absolute Gasteiger partial charge is 0.198 e. The highest BCUT2D eigenvalue weighted by atomic mass is 16.5. The second kappa shape index (κ2) is 7.16. The molecular weight excluding hydrogens is 230 g/mol. The fourth-order valence-electron chi connectivity index (χ4n) is 1.68. The summed E-state index contributed by atoms with van der Waals surface area (Å²) < 4.78 is 6.92. The maximum atomic E-state index is 12.2. The molecule has 1 aromatic rings. The maximum Gasteiger partial charge on any atom is 0.198 e. The van der Waals surface area contributed by atoms with Crippen LogP contribution in [0.5, 0.6) is 5.75 Å². The summed E-state index contributed by atoms with van der Waals surface area (Å²) in [6.45, 7) is 7.26. The molecule has 0 saturated carbocycles. The van der Waals surface area contributed by atoms with Gasteiger partial charge in [0.2, 0.25) is 0 Å². The Bertz CT molecular complexity index is 388. The standard InChI is InChI=1S/C13H23N3O2/c1-5-7-16-13(12(18-4)9-15-16)11(17)8-14-10(3)6-2/h9-10,14H,5-8H2,1-4H3. The molecule has 5 heteroatoms. The van der Waals surface area contributed by atoms with Gasteiger partial charge >= 0.3 is 0 Å². The van der Waals surface area contributed by atoms with Crippen molar-refractivity contribution in [2.24, 2.45) is 0 Å². The van der Waals surface area contributed by atoms with Crippen LogP contribution in [0.1, 0.15) is 44.1 Å². The molecule has 1 aromatic heterocycles. The summed E-state index contributed by atoms with van der Waals surface area (Å²) in [4.78, 5) is 12.2. The molecule has 0 aliphatic heterocycles. The van der Waals surface area contributed by atoms with Crippen LogP contribution >= 0.6 is 0 Å². The number of aromatic nitrogens is 2. The molecule has 0 fully saturated rings. The van der Waals surface area contributed by atoms with Gasteiger partial charge in [0.25, 0.3) is 0 Å². The zero-order valence-corrected chi connectivity index (χ0v) is 11.7. The molecule has 1 heterocycles. The molecule has 0 bridgehead atoms. The van der Waals surface area contributed by atoms with Gasteiger partial charge in [-0.1, -0.05) is 13.8 Å². The second-order valence-electron chi connectivity index (χ2n) is 4.40. The average molecular weight is 253 g/mol. The molecule has 1 unspecified atom stereocenters. The van der Waals surface area contributed by atoms with Gasteiger partial charge in [0.05, 0.1) is 19.9 Å². The van der Waals surface area contributed by atoms with Crippen molar-refractivity contribution in [1.29, 1.82) is 0 Å². The van der Waals surface area contributed by atoms with Gasteiger partial charge in [-0.15, -0.1) is 0 Å². The van der Waals surface area contributed by atoms with Crippen molar-refractivity contribution in [3.63, 3.8) is 0 Å². The molecule has 0 aromatic carbocycles. The number of nitrogens with one attached hydrogen (secondary N) is 1. The molecule has 0 spiro atoms. The first-order valence-electron chi connectivity index (χ1n) is 6.50. The monoisotopic (exact) mass is 253 g/mol. The van der Waals surface area contributed by atoms with Crippen LogP contribution < -0.4 is 10.1 Å². The molecule has 0 aliphatic rings. The number of ether oxygens (including phenoxy) is 1. The third-order valence-electron chi connectivity index (χ3n) is 2.95. The quantitative estimate of drug-likeness (QED) is 0.719. The lowest BCUT2D eigenvalue weighted by molar-refractivity contribution is 0.0974. The van der Waals surface area contributed by atoms with Crippen molar-refractivity contribution in [2.45, 2.75) is 46.2 Å². The number of aryl methyl sites for hydroxylation is 1. The number of nitrogens with zero attached hydrogens (tertiary/aromatic N) is 2. The fourth-order valence-corrected chi connectivity index (χ4v) is 1.68. The fraction of sp³-hybridized carbons (Fsp3) is 0.692. The number of ketones is 1. The van der Waals surface area contributed by atoms with Gasteiger partial charge in [-0.2, -0.15) is 5.10 Å². The number of carbonyl (C=O) groups excluding carboxylic acids is 1. The summed E-state index contributed by atoms with van der Waals surface area (Å²) in [6, 6.07) is 0.336. The molecule has 0 amide bonds. The Hall–Kier alpha value is -1.36. The summed E-state index contributed by atoms with van der Waals surface area (Å²) in [5, 5.41) is 7.38. The first-order chi connectivity index (χ1) is 8.63. The van der Waals surface area contributed by atoms with Crippen molar-refractivity contribution < 1.29 is 9.53 Å². The lowest BCUT2D eigenvalue weighted by Crippen LogP contribution is -2.32. The molecule has 0 aliphatic carbocycles. The van der Waals surface area contributed by atoms with E-state index < -0.39 is 0 Å². The molecule has 1 N–H and O–H groups in total. The lowest BCUT2D eigenvalue weighted by Gasteiger charge is -2.12. The van der Waals surface area contributed by atoms with E-state index >= 15 is 0 Å².